The topological polar surface area (TPSA) is 47.6 Å². The summed E-state index contributed by atoms with van der Waals surface area (Å²) in [5, 5.41) is 3.50. The minimum Gasteiger partial charge on any atom is -0.495 e. The van der Waals surface area contributed by atoms with Crippen molar-refractivity contribution in [1.82, 2.24) is 0 Å². The van der Waals surface area contributed by atoms with Crippen molar-refractivity contribution in [2.75, 3.05) is 19.5 Å². The minimum absolute atomic E-state index is 0.344. The van der Waals surface area contributed by atoms with Crippen molar-refractivity contribution in [2.45, 2.75) is 0 Å². The molecule has 0 heterocycles. The van der Waals surface area contributed by atoms with E-state index in [1.807, 2.05) is 0 Å². The second-order valence-electron chi connectivity index (χ2n) is 4.12. The van der Waals surface area contributed by atoms with Gasteiger partial charge in [-0.15, -0.1) is 0 Å². The van der Waals surface area contributed by atoms with Gasteiger partial charge in [-0.1, -0.05) is 35.3 Å². The lowest BCUT2D eigenvalue weighted by Gasteiger charge is -2.13. The van der Waals surface area contributed by atoms with Crippen molar-refractivity contribution in [1.29, 1.82) is 0 Å². The summed E-state index contributed by atoms with van der Waals surface area (Å²) in [5.74, 6) is 0.524. The fourth-order valence-electron chi connectivity index (χ4n) is 1.79. The first-order chi connectivity index (χ1) is 10.1. The number of carbonyl (C=O) groups excluding carboxylic acids is 1. The van der Waals surface area contributed by atoms with E-state index in [9.17, 15) is 4.79 Å². The Kier molecular flexibility index (Phi) is 4.94. The third kappa shape index (κ3) is 3.40. The average molecular weight is 326 g/mol. The van der Waals surface area contributed by atoms with Gasteiger partial charge in [0, 0.05) is 12.1 Å². The first kappa shape index (κ1) is 15.5. The number of nitrogens with one attached hydrogen (secondary N) is 1. The maximum atomic E-state index is 12.3. The Morgan fingerprint density at radius 3 is 2.29 bits per heavy atom. The van der Waals surface area contributed by atoms with Crippen molar-refractivity contribution in [3.05, 3.63) is 52.0 Å². The van der Waals surface area contributed by atoms with Gasteiger partial charge in [-0.05, 0) is 12.1 Å². The second-order valence-corrected chi connectivity index (χ2v) is 4.94. The predicted octanol–water partition coefficient (Wildman–Crippen LogP) is 4.26. The molecule has 0 aromatic heterocycles. The number of hydrogen-bond acceptors (Lipinski definition) is 3. The molecule has 1 N–H and O–H groups in total. The molecule has 0 fully saturated rings. The van der Waals surface area contributed by atoms with E-state index in [4.69, 9.17) is 32.7 Å². The molecule has 0 unspecified atom stereocenters. The molecule has 21 heavy (non-hydrogen) atoms. The average Bonchev–Trinajstić information content (AvgIpc) is 2.48. The number of ether oxygens (including phenoxy) is 2. The van der Waals surface area contributed by atoms with E-state index in [0.717, 1.165) is 0 Å². The molecule has 0 saturated carbocycles. The van der Waals surface area contributed by atoms with Crippen LogP contribution in [0.25, 0.3) is 0 Å². The molecule has 0 radical (unpaired) electrons. The van der Waals surface area contributed by atoms with Gasteiger partial charge < -0.3 is 14.8 Å². The number of hydrogen-bond donors (Lipinski definition) is 1. The molecule has 4 nitrogen and oxygen atoms in total. The van der Waals surface area contributed by atoms with E-state index >= 15 is 0 Å². The molecule has 110 valence electrons. The number of anilines is 1. The fraction of sp³-hybridized carbons (Fsp3) is 0.133. The van der Waals surface area contributed by atoms with E-state index in [1.165, 1.54) is 14.2 Å². The normalized spacial score (nSPS) is 10.1. The second kappa shape index (κ2) is 6.70. The highest BCUT2D eigenvalue weighted by Gasteiger charge is 2.15. The smallest absolute Gasteiger partial charge is 0.257 e. The molecule has 0 bridgehead atoms. The number of methoxy groups -OCH3 is 2. The van der Waals surface area contributed by atoms with Gasteiger partial charge in [-0.3, -0.25) is 4.79 Å². The monoisotopic (exact) mass is 325 g/mol. The van der Waals surface area contributed by atoms with Crippen molar-refractivity contribution in [3.63, 3.8) is 0 Å². The molecule has 2 aromatic carbocycles. The molecule has 2 aromatic rings. The van der Waals surface area contributed by atoms with E-state index in [1.54, 1.807) is 36.4 Å². The van der Waals surface area contributed by atoms with Crippen molar-refractivity contribution in [3.8, 4) is 11.5 Å². The first-order valence-corrected chi connectivity index (χ1v) is 6.79. The zero-order valence-electron chi connectivity index (χ0n) is 11.4. The maximum Gasteiger partial charge on any atom is 0.257 e. The molecule has 0 aliphatic carbocycles. The maximum absolute atomic E-state index is 12.3. The van der Waals surface area contributed by atoms with Gasteiger partial charge in [0.15, 0.2) is 0 Å². The van der Waals surface area contributed by atoms with Gasteiger partial charge in [0.25, 0.3) is 5.91 Å². The zero-order chi connectivity index (χ0) is 15.4. The van der Waals surface area contributed by atoms with Gasteiger partial charge in [0.05, 0.1) is 35.5 Å². The molecule has 1 amide bonds. The van der Waals surface area contributed by atoms with Crippen LogP contribution in [0.4, 0.5) is 5.69 Å². The third-order valence-electron chi connectivity index (χ3n) is 2.84. The Labute approximate surface area is 132 Å². The van der Waals surface area contributed by atoms with Crippen LogP contribution in [0.3, 0.4) is 0 Å². The van der Waals surface area contributed by atoms with Crippen LogP contribution in [-0.4, -0.2) is 20.1 Å². The lowest BCUT2D eigenvalue weighted by Crippen LogP contribution is -2.13. The highest BCUT2D eigenvalue weighted by atomic mass is 35.5. The summed E-state index contributed by atoms with van der Waals surface area (Å²) >= 11 is 12.0. The molecule has 6 heteroatoms. The lowest BCUT2D eigenvalue weighted by atomic mass is 10.2. The van der Waals surface area contributed by atoms with Crippen LogP contribution < -0.4 is 14.8 Å². The molecular formula is C15H13Cl2NO3. The van der Waals surface area contributed by atoms with Gasteiger partial charge in [0.1, 0.15) is 11.5 Å². The van der Waals surface area contributed by atoms with Gasteiger partial charge in [-0.25, -0.2) is 0 Å². The van der Waals surface area contributed by atoms with Crippen molar-refractivity contribution >= 4 is 34.8 Å². The number of rotatable bonds is 4. The van der Waals surface area contributed by atoms with E-state index in [-0.39, 0.29) is 5.91 Å². The minimum atomic E-state index is -0.344. The van der Waals surface area contributed by atoms with E-state index < -0.39 is 0 Å². The van der Waals surface area contributed by atoms with E-state index in [2.05, 4.69) is 5.32 Å². The van der Waals surface area contributed by atoms with Crippen LogP contribution >= 0.6 is 23.2 Å². The number of amides is 1. The van der Waals surface area contributed by atoms with Crippen molar-refractivity contribution < 1.29 is 14.3 Å². The molecule has 0 spiro atoms. The Hall–Kier alpha value is -1.91. The van der Waals surface area contributed by atoms with Gasteiger partial charge in [-0.2, -0.15) is 0 Å². The summed E-state index contributed by atoms with van der Waals surface area (Å²) in [6, 6.07) is 9.94. The molecule has 2 rings (SSSR count). The Bertz CT molecular complexity index is 674. The quantitative estimate of drug-likeness (QED) is 0.913. The standard InChI is InChI=1S/C15H13Cl2NO3/c1-20-13-8-12(14(21-2)7-11(13)17)18-15(19)9-5-3-4-6-10(9)16/h3-8H,1-2H3,(H,18,19). The number of benzene rings is 2. The molecule has 0 atom stereocenters. The molecular weight excluding hydrogens is 313 g/mol. The predicted molar refractivity (Wildman–Crippen MR) is 84.0 cm³/mol. The lowest BCUT2D eigenvalue weighted by molar-refractivity contribution is 0.102. The van der Waals surface area contributed by atoms with Crippen LogP contribution in [0.1, 0.15) is 10.4 Å². The van der Waals surface area contributed by atoms with Crippen LogP contribution in [0.15, 0.2) is 36.4 Å². The highest BCUT2D eigenvalue weighted by Crippen LogP contribution is 2.36. The van der Waals surface area contributed by atoms with Crippen LogP contribution in [-0.2, 0) is 0 Å². The molecule has 0 aliphatic heterocycles. The van der Waals surface area contributed by atoms with Crippen LogP contribution in [0, 0.1) is 0 Å². The molecule has 0 saturated heterocycles. The summed E-state index contributed by atoms with van der Waals surface area (Å²) in [6.07, 6.45) is 0. The highest BCUT2D eigenvalue weighted by molar-refractivity contribution is 6.34. The summed E-state index contributed by atoms with van der Waals surface area (Å²) in [5.41, 5.74) is 0.818. The number of carbonyl (C=O) groups is 1. The Morgan fingerprint density at radius 2 is 1.67 bits per heavy atom. The fourth-order valence-corrected chi connectivity index (χ4v) is 2.25. The summed E-state index contributed by atoms with van der Waals surface area (Å²) in [6.45, 7) is 0. The Balaban J connectivity index is 2.35. The van der Waals surface area contributed by atoms with E-state index in [0.29, 0.717) is 32.8 Å². The third-order valence-corrected chi connectivity index (χ3v) is 3.47. The summed E-state index contributed by atoms with van der Waals surface area (Å²) < 4.78 is 10.3. The van der Waals surface area contributed by atoms with Crippen LogP contribution in [0.2, 0.25) is 10.0 Å². The van der Waals surface area contributed by atoms with Crippen molar-refractivity contribution in [2.24, 2.45) is 0 Å². The van der Waals surface area contributed by atoms with Gasteiger partial charge in [0.2, 0.25) is 0 Å². The summed E-state index contributed by atoms with van der Waals surface area (Å²) in [7, 11) is 2.98. The van der Waals surface area contributed by atoms with Gasteiger partial charge >= 0.3 is 0 Å². The summed E-state index contributed by atoms with van der Waals surface area (Å²) in [4.78, 5) is 12.3. The van der Waals surface area contributed by atoms with Crippen LogP contribution in [0.5, 0.6) is 11.5 Å². The zero-order valence-corrected chi connectivity index (χ0v) is 13.0. The first-order valence-electron chi connectivity index (χ1n) is 6.04. The largest absolute Gasteiger partial charge is 0.495 e. The Morgan fingerprint density at radius 1 is 1.00 bits per heavy atom. The number of halogens is 2. The molecule has 0 aliphatic rings. The SMILES string of the molecule is COc1cc(NC(=O)c2ccccc2Cl)c(OC)cc1Cl.